The van der Waals surface area contributed by atoms with E-state index in [1.807, 2.05) is 6.92 Å². The molecule has 0 aliphatic heterocycles. The molecule has 5 nitrogen and oxygen atoms in total. The minimum atomic E-state index is -1.01. The molecule has 15 heavy (non-hydrogen) atoms. The monoisotopic (exact) mass is 215 g/mol. The van der Waals surface area contributed by atoms with Gasteiger partial charge in [-0.1, -0.05) is 13.3 Å². The first-order valence-electron chi connectivity index (χ1n) is 5.16. The molecule has 88 valence electrons. The van der Waals surface area contributed by atoms with E-state index in [2.05, 4.69) is 5.32 Å². The van der Waals surface area contributed by atoms with Gasteiger partial charge in [-0.05, 0) is 20.3 Å². The number of hydrogen-bond donors (Lipinski definition) is 3. The summed E-state index contributed by atoms with van der Waals surface area (Å²) in [6.45, 7) is 5.14. The van der Waals surface area contributed by atoms with Crippen LogP contribution in [0.4, 0.5) is 0 Å². The van der Waals surface area contributed by atoms with Crippen molar-refractivity contribution in [3.8, 4) is 0 Å². The predicted molar refractivity (Wildman–Crippen MR) is 58.9 cm³/mol. The van der Waals surface area contributed by atoms with Crippen LogP contribution in [0.5, 0.6) is 0 Å². The maximum absolute atomic E-state index is 11.4. The average molecular weight is 215 g/mol. The van der Waals surface area contributed by atoms with E-state index in [1.54, 1.807) is 13.8 Å². The van der Waals surface area contributed by atoms with Gasteiger partial charge in [-0.15, -0.1) is 0 Å². The van der Waals surface area contributed by atoms with Crippen LogP contribution in [0.2, 0.25) is 0 Å². The third-order valence-electron chi connectivity index (χ3n) is 2.17. The normalized spacial score (nSPS) is 13.3. The van der Waals surface area contributed by atoms with Gasteiger partial charge in [0.25, 0.3) is 0 Å². The topological polar surface area (TPSA) is 98.2 Å². The number of hydrogen-bond acceptors (Lipinski definition) is 3. The number of rotatable bonds is 6. The zero-order chi connectivity index (χ0) is 12.1. The number of carbonyl (C=O) groups excluding carboxylic acids is 2. The van der Waals surface area contributed by atoms with Gasteiger partial charge in [-0.25, -0.2) is 0 Å². The van der Waals surface area contributed by atoms with Gasteiger partial charge >= 0.3 is 0 Å². The van der Waals surface area contributed by atoms with Gasteiger partial charge in [0.1, 0.15) is 5.54 Å². The number of amides is 2. The maximum atomic E-state index is 11.4. The van der Waals surface area contributed by atoms with Gasteiger partial charge in [0.05, 0.1) is 0 Å². The number of nitrogens with one attached hydrogen (secondary N) is 1. The first-order valence-corrected chi connectivity index (χ1v) is 5.16. The standard InChI is InChI=1S/C10H21N3O2/c1-4-5-7(11)6-8(14)13-10(2,3)9(12)15/h7H,4-6,11H2,1-3H3,(H2,12,15)(H,13,14). The van der Waals surface area contributed by atoms with Crippen molar-refractivity contribution >= 4 is 11.8 Å². The van der Waals surface area contributed by atoms with Crippen LogP contribution in [0, 0.1) is 0 Å². The molecule has 0 saturated heterocycles. The zero-order valence-corrected chi connectivity index (χ0v) is 9.67. The maximum Gasteiger partial charge on any atom is 0.242 e. The van der Waals surface area contributed by atoms with E-state index in [0.29, 0.717) is 0 Å². The zero-order valence-electron chi connectivity index (χ0n) is 9.67. The Balaban J connectivity index is 4.09. The second kappa shape index (κ2) is 5.70. The van der Waals surface area contributed by atoms with Crippen LogP contribution >= 0.6 is 0 Å². The molecule has 0 aromatic carbocycles. The van der Waals surface area contributed by atoms with Gasteiger partial charge in [0, 0.05) is 12.5 Å². The lowest BCUT2D eigenvalue weighted by atomic mass is 10.0. The molecule has 0 aromatic heterocycles. The molecule has 0 aromatic rings. The van der Waals surface area contributed by atoms with Crippen molar-refractivity contribution in [3.05, 3.63) is 0 Å². The Morgan fingerprint density at radius 2 is 1.93 bits per heavy atom. The van der Waals surface area contributed by atoms with E-state index < -0.39 is 11.4 Å². The second-order valence-corrected chi connectivity index (χ2v) is 4.29. The van der Waals surface area contributed by atoms with Gasteiger partial charge in [0.2, 0.25) is 11.8 Å². The SMILES string of the molecule is CCCC(N)CC(=O)NC(C)(C)C(N)=O. The lowest BCUT2D eigenvalue weighted by molar-refractivity contribution is -0.130. The molecule has 0 rings (SSSR count). The molecule has 1 unspecified atom stereocenters. The molecule has 0 bridgehead atoms. The quantitative estimate of drug-likeness (QED) is 0.576. The van der Waals surface area contributed by atoms with Gasteiger partial charge < -0.3 is 16.8 Å². The first kappa shape index (κ1) is 13.9. The average Bonchev–Trinajstić information content (AvgIpc) is 2.02. The van der Waals surface area contributed by atoms with Crippen LogP contribution in [-0.4, -0.2) is 23.4 Å². The van der Waals surface area contributed by atoms with Gasteiger partial charge in [-0.3, -0.25) is 9.59 Å². The van der Waals surface area contributed by atoms with E-state index >= 15 is 0 Å². The molecule has 0 heterocycles. The van der Waals surface area contributed by atoms with Crippen molar-refractivity contribution in [2.75, 3.05) is 0 Å². The molecule has 0 saturated carbocycles. The highest BCUT2D eigenvalue weighted by atomic mass is 16.2. The molecule has 0 aliphatic rings. The van der Waals surface area contributed by atoms with E-state index in [0.717, 1.165) is 12.8 Å². The van der Waals surface area contributed by atoms with Crippen molar-refractivity contribution in [1.29, 1.82) is 0 Å². The highest BCUT2D eigenvalue weighted by Gasteiger charge is 2.27. The summed E-state index contributed by atoms with van der Waals surface area (Å²) in [6.07, 6.45) is 1.96. The number of primary amides is 1. The van der Waals surface area contributed by atoms with Gasteiger partial charge in [-0.2, -0.15) is 0 Å². The highest BCUT2D eigenvalue weighted by molar-refractivity contribution is 5.89. The third-order valence-corrected chi connectivity index (χ3v) is 2.17. The molecular weight excluding hydrogens is 194 g/mol. The fraction of sp³-hybridized carbons (Fsp3) is 0.800. The van der Waals surface area contributed by atoms with Crippen LogP contribution in [0.3, 0.4) is 0 Å². The lowest BCUT2D eigenvalue weighted by Gasteiger charge is -2.23. The molecular formula is C10H21N3O2. The van der Waals surface area contributed by atoms with E-state index in [4.69, 9.17) is 11.5 Å². The minimum Gasteiger partial charge on any atom is -0.368 e. The minimum absolute atomic E-state index is 0.154. The summed E-state index contributed by atoms with van der Waals surface area (Å²) >= 11 is 0. The molecule has 1 atom stereocenters. The third kappa shape index (κ3) is 5.37. The second-order valence-electron chi connectivity index (χ2n) is 4.29. The Morgan fingerprint density at radius 1 is 1.40 bits per heavy atom. The molecule has 0 radical (unpaired) electrons. The van der Waals surface area contributed by atoms with Crippen molar-refractivity contribution in [3.63, 3.8) is 0 Å². The van der Waals surface area contributed by atoms with E-state index in [1.165, 1.54) is 0 Å². The highest BCUT2D eigenvalue weighted by Crippen LogP contribution is 2.03. The largest absolute Gasteiger partial charge is 0.368 e. The smallest absolute Gasteiger partial charge is 0.242 e. The lowest BCUT2D eigenvalue weighted by Crippen LogP contribution is -2.53. The summed E-state index contributed by atoms with van der Waals surface area (Å²) in [5, 5.41) is 2.55. The van der Waals surface area contributed by atoms with Crippen LogP contribution in [0.1, 0.15) is 40.0 Å². The van der Waals surface area contributed by atoms with Gasteiger partial charge in [0.15, 0.2) is 0 Å². The number of nitrogens with two attached hydrogens (primary N) is 2. The fourth-order valence-electron chi connectivity index (χ4n) is 1.17. The Hall–Kier alpha value is -1.10. The fourth-order valence-corrected chi connectivity index (χ4v) is 1.17. The summed E-state index contributed by atoms with van der Waals surface area (Å²) in [4.78, 5) is 22.4. The van der Waals surface area contributed by atoms with Crippen molar-refractivity contribution in [2.45, 2.75) is 51.6 Å². The summed E-state index contributed by atoms with van der Waals surface area (Å²) in [5.74, 6) is -0.792. The number of carbonyl (C=O) groups is 2. The van der Waals surface area contributed by atoms with Crippen LogP contribution in [0.25, 0.3) is 0 Å². The summed E-state index contributed by atoms with van der Waals surface area (Å²) in [6, 6.07) is -0.154. The molecule has 2 amide bonds. The summed E-state index contributed by atoms with van der Waals surface area (Å²) < 4.78 is 0. The first-order chi connectivity index (χ1) is 6.79. The Bertz CT molecular complexity index is 239. The molecule has 0 spiro atoms. The summed E-state index contributed by atoms with van der Waals surface area (Å²) in [7, 11) is 0. The van der Waals surface area contributed by atoms with Crippen molar-refractivity contribution in [1.82, 2.24) is 5.32 Å². The summed E-state index contributed by atoms with van der Waals surface area (Å²) in [5.41, 5.74) is 9.82. The Morgan fingerprint density at radius 3 is 2.33 bits per heavy atom. The van der Waals surface area contributed by atoms with Crippen molar-refractivity contribution in [2.24, 2.45) is 11.5 Å². The van der Waals surface area contributed by atoms with Crippen molar-refractivity contribution < 1.29 is 9.59 Å². The van der Waals surface area contributed by atoms with Crippen LogP contribution < -0.4 is 16.8 Å². The molecule has 5 N–H and O–H groups in total. The van der Waals surface area contributed by atoms with E-state index in [9.17, 15) is 9.59 Å². The van der Waals surface area contributed by atoms with Crippen LogP contribution in [0.15, 0.2) is 0 Å². The Labute approximate surface area is 90.6 Å². The molecule has 0 aliphatic carbocycles. The predicted octanol–water partition coefficient (Wildman–Crippen LogP) is -0.116. The van der Waals surface area contributed by atoms with E-state index in [-0.39, 0.29) is 18.4 Å². The molecule has 0 fully saturated rings. The van der Waals surface area contributed by atoms with Crippen LogP contribution in [-0.2, 0) is 9.59 Å². The Kier molecular flexibility index (Phi) is 5.28. The molecule has 5 heteroatoms.